The fourth-order valence-electron chi connectivity index (χ4n) is 1.59. The number of halogens is 1. The lowest BCUT2D eigenvalue weighted by Crippen LogP contribution is -2.48. The molecule has 0 atom stereocenters. The highest BCUT2D eigenvalue weighted by Crippen LogP contribution is 2.28. The van der Waals surface area contributed by atoms with Gasteiger partial charge < -0.3 is 15.4 Å². The van der Waals surface area contributed by atoms with Crippen LogP contribution in [-0.2, 0) is 4.79 Å². The standard InChI is InChI=1S/C12H15ClN2O2/c1-2-17-11-4-3-9(13)5-10(11)15-12(16)8-6-14-7-8/h3-5,8,14H,2,6-7H2,1H3,(H,15,16). The van der Waals surface area contributed by atoms with E-state index in [-0.39, 0.29) is 11.8 Å². The van der Waals surface area contributed by atoms with Crippen LogP contribution in [0, 0.1) is 5.92 Å². The first-order valence-corrected chi connectivity index (χ1v) is 6.02. The molecule has 0 aliphatic carbocycles. The molecule has 1 amide bonds. The van der Waals surface area contributed by atoms with Crippen molar-refractivity contribution in [2.75, 3.05) is 25.0 Å². The Bertz CT molecular complexity index is 419. The van der Waals surface area contributed by atoms with E-state index in [0.29, 0.717) is 23.1 Å². The van der Waals surface area contributed by atoms with E-state index in [4.69, 9.17) is 16.3 Å². The topological polar surface area (TPSA) is 50.4 Å². The Balaban J connectivity index is 2.11. The number of nitrogens with one attached hydrogen (secondary N) is 2. The van der Waals surface area contributed by atoms with Crippen LogP contribution in [0.1, 0.15) is 6.92 Å². The van der Waals surface area contributed by atoms with Gasteiger partial charge in [-0.1, -0.05) is 11.6 Å². The largest absolute Gasteiger partial charge is 0.492 e. The van der Waals surface area contributed by atoms with Crippen LogP contribution >= 0.6 is 11.6 Å². The number of rotatable bonds is 4. The second-order valence-electron chi connectivity index (χ2n) is 3.92. The van der Waals surface area contributed by atoms with Crippen molar-refractivity contribution in [3.8, 4) is 5.75 Å². The molecule has 1 fully saturated rings. The van der Waals surface area contributed by atoms with Crippen LogP contribution in [0.2, 0.25) is 5.02 Å². The van der Waals surface area contributed by atoms with Crippen molar-refractivity contribution in [3.05, 3.63) is 23.2 Å². The van der Waals surface area contributed by atoms with Crippen molar-refractivity contribution >= 4 is 23.2 Å². The smallest absolute Gasteiger partial charge is 0.230 e. The van der Waals surface area contributed by atoms with Gasteiger partial charge in [0.15, 0.2) is 0 Å². The predicted molar refractivity (Wildman–Crippen MR) is 67.6 cm³/mol. The third-order valence-corrected chi connectivity index (χ3v) is 2.89. The molecule has 1 heterocycles. The van der Waals surface area contributed by atoms with Crippen LogP contribution in [0.5, 0.6) is 5.75 Å². The van der Waals surface area contributed by atoms with Crippen molar-refractivity contribution in [2.24, 2.45) is 5.92 Å². The second kappa shape index (κ2) is 5.38. The summed E-state index contributed by atoms with van der Waals surface area (Å²) in [5, 5.41) is 6.49. The zero-order valence-electron chi connectivity index (χ0n) is 9.63. The minimum Gasteiger partial charge on any atom is -0.492 e. The van der Waals surface area contributed by atoms with Crippen LogP contribution in [0.25, 0.3) is 0 Å². The summed E-state index contributed by atoms with van der Waals surface area (Å²) in [6.45, 7) is 3.91. The summed E-state index contributed by atoms with van der Waals surface area (Å²) in [6.07, 6.45) is 0. The molecule has 0 radical (unpaired) electrons. The molecule has 0 saturated carbocycles. The molecule has 1 aromatic rings. The van der Waals surface area contributed by atoms with Gasteiger partial charge in [-0.05, 0) is 25.1 Å². The van der Waals surface area contributed by atoms with E-state index in [2.05, 4.69) is 10.6 Å². The van der Waals surface area contributed by atoms with Gasteiger partial charge in [-0.25, -0.2) is 0 Å². The van der Waals surface area contributed by atoms with Gasteiger partial charge in [0.2, 0.25) is 5.91 Å². The molecule has 1 aliphatic heterocycles. The van der Waals surface area contributed by atoms with Gasteiger partial charge in [0.1, 0.15) is 5.75 Å². The average Bonchev–Trinajstić information content (AvgIpc) is 2.19. The fraction of sp³-hybridized carbons (Fsp3) is 0.417. The van der Waals surface area contributed by atoms with Crippen LogP contribution in [0.3, 0.4) is 0 Å². The molecule has 0 spiro atoms. The average molecular weight is 255 g/mol. The summed E-state index contributed by atoms with van der Waals surface area (Å²) in [5.74, 6) is 0.702. The summed E-state index contributed by atoms with van der Waals surface area (Å²) < 4.78 is 5.44. The summed E-state index contributed by atoms with van der Waals surface area (Å²) in [6, 6.07) is 5.21. The molecule has 0 unspecified atom stereocenters. The highest BCUT2D eigenvalue weighted by atomic mass is 35.5. The summed E-state index contributed by atoms with van der Waals surface area (Å²) in [7, 11) is 0. The van der Waals surface area contributed by atoms with Gasteiger partial charge in [0, 0.05) is 18.1 Å². The fourth-order valence-corrected chi connectivity index (χ4v) is 1.76. The molecule has 92 valence electrons. The third kappa shape index (κ3) is 2.90. The van der Waals surface area contributed by atoms with Crippen LogP contribution in [-0.4, -0.2) is 25.6 Å². The summed E-state index contributed by atoms with van der Waals surface area (Å²) in [4.78, 5) is 11.8. The van der Waals surface area contributed by atoms with Crippen molar-refractivity contribution in [1.29, 1.82) is 0 Å². The highest BCUT2D eigenvalue weighted by Gasteiger charge is 2.25. The Labute approximate surface area is 105 Å². The third-order valence-electron chi connectivity index (χ3n) is 2.65. The molecular formula is C12H15ClN2O2. The lowest BCUT2D eigenvalue weighted by Gasteiger charge is -2.26. The normalized spacial score (nSPS) is 15.2. The second-order valence-corrected chi connectivity index (χ2v) is 4.35. The van der Waals surface area contributed by atoms with Gasteiger partial charge >= 0.3 is 0 Å². The minimum absolute atomic E-state index is 0.00645. The zero-order chi connectivity index (χ0) is 12.3. The van der Waals surface area contributed by atoms with E-state index in [1.807, 2.05) is 6.92 Å². The molecule has 17 heavy (non-hydrogen) atoms. The first kappa shape index (κ1) is 12.2. The van der Waals surface area contributed by atoms with E-state index in [1.54, 1.807) is 18.2 Å². The van der Waals surface area contributed by atoms with E-state index < -0.39 is 0 Å². The Hall–Kier alpha value is -1.26. The molecular weight excluding hydrogens is 240 g/mol. The Morgan fingerprint density at radius 2 is 2.35 bits per heavy atom. The molecule has 2 rings (SSSR count). The highest BCUT2D eigenvalue weighted by molar-refractivity contribution is 6.31. The number of ether oxygens (including phenoxy) is 1. The number of anilines is 1. The number of hydrogen-bond donors (Lipinski definition) is 2. The van der Waals surface area contributed by atoms with Crippen molar-refractivity contribution in [1.82, 2.24) is 5.32 Å². The Kier molecular flexibility index (Phi) is 3.86. The van der Waals surface area contributed by atoms with E-state index >= 15 is 0 Å². The maximum atomic E-state index is 11.8. The van der Waals surface area contributed by atoms with Gasteiger partial charge in [0.25, 0.3) is 0 Å². The number of amides is 1. The monoisotopic (exact) mass is 254 g/mol. The van der Waals surface area contributed by atoms with Crippen LogP contribution in [0.15, 0.2) is 18.2 Å². The summed E-state index contributed by atoms with van der Waals surface area (Å²) >= 11 is 5.91. The van der Waals surface area contributed by atoms with Crippen LogP contribution < -0.4 is 15.4 Å². The summed E-state index contributed by atoms with van der Waals surface area (Å²) in [5.41, 5.74) is 0.635. The van der Waals surface area contributed by atoms with Gasteiger partial charge in [0.05, 0.1) is 18.2 Å². The van der Waals surface area contributed by atoms with Crippen LogP contribution in [0.4, 0.5) is 5.69 Å². The molecule has 0 bridgehead atoms. The van der Waals surface area contributed by atoms with Crippen molar-refractivity contribution in [2.45, 2.75) is 6.92 Å². The number of carbonyl (C=O) groups excluding carboxylic acids is 1. The maximum Gasteiger partial charge on any atom is 0.230 e. The maximum absolute atomic E-state index is 11.8. The molecule has 0 aromatic heterocycles. The molecule has 1 aromatic carbocycles. The molecule has 1 saturated heterocycles. The van der Waals surface area contributed by atoms with Gasteiger partial charge in [-0.15, -0.1) is 0 Å². The molecule has 1 aliphatic rings. The van der Waals surface area contributed by atoms with Gasteiger partial charge in [-0.2, -0.15) is 0 Å². The van der Waals surface area contributed by atoms with E-state index in [1.165, 1.54) is 0 Å². The zero-order valence-corrected chi connectivity index (χ0v) is 10.4. The van der Waals surface area contributed by atoms with Gasteiger partial charge in [-0.3, -0.25) is 4.79 Å². The predicted octanol–water partition coefficient (Wildman–Crippen LogP) is 1.90. The first-order valence-electron chi connectivity index (χ1n) is 5.64. The van der Waals surface area contributed by atoms with E-state index in [9.17, 15) is 4.79 Å². The Morgan fingerprint density at radius 1 is 1.59 bits per heavy atom. The minimum atomic E-state index is 0.00645. The molecule has 4 nitrogen and oxygen atoms in total. The lowest BCUT2D eigenvalue weighted by molar-refractivity contribution is -0.121. The molecule has 5 heteroatoms. The number of hydrogen-bond acceptors (Lipinski definition) is 3. The number of benzene rings is 1. The van der Waals surface area contributed by atoms with Crippen molar-refractivity contribution in [3.63, 3.8) is 0 Å². The first-order chi connectivity index (χ1) is 8.20. The number of carbonyl (C=O) groups is 1. The van der Waals surface area contributed by atoms with E-state index in [0.717, 1.165) is 13.1 Å². The van der Waals surface area contributed by atoms with Crippen molar-refractivity contribution < 1.29 is 9.53 Å². The molecule has 2 N–H and O–H groups in total. The Morgan fingerprint density at radius 3 is 2.94 bits per heavy atom. The quantitative estimate of drug-likeness (QED) is 0.863. The lowest BCUT2D eigenvalue weighted by atomic mass is 10.0. The SMILES string of the molecule is CCOc1ccc(Cl)cc1NC(=O)C1CNC1.